The summed E-state index contributed by atoms with van der Waals surface area (Å²) in [5, 5.41) is 11.3. The summed E-state index contributed by atoms with van der Waals surface area (Å²) in [4.78, 5) is 15.4. The minimum Gasteiger partial charge on any atom is -0.465 e. The summed E-state index contributed by atoms with van der Waals surface area (Å²) >= 11 is 5.21. The second-order valence-corrected chi connectivity index (χ2v) is 5.14. The van der Waals surface area contributed by atoms with Crippen LogP contribution in [-0.2, 0) is 4.74 Å². The van der Waals surface area contributed by atoms with Gasteiger partial charge in [0.05, 0.1) is 18.9 Å². The van der Waals surface area contributed by atoms with Crippen molar-refractivity contribution in [1.29, 1.82) is 0 Å². The van der Waals surface area contributed by atoms with E-state index in [2.05, 4.69) is 25.0 Å². The van der Waals surface area contributed by atoms with E-state index in [-0.39, 0.29) is 5.97 Å². The molecule has 0 saturated carbocycles. The van der Waals surface area contributed by atoms with E-state index < -0.39 is 0 Å². The SMILES string of the molecule is COC(=O)c1ccc(/C=N/n2c(-c3ccncc3)n[nH]c2=S)cc1. The van der Waals surface area contributed by atoms with Crippen molar-refractivity contribution in [2.45, 2.75) is 0 Å². The summed E-state index contributed by atoms with van der Waals surface area (Å²) in [5.74, 6) is 0.209. The van der Waals surface area contributed by atoms with Crippen molar-refractivity contribution in [2.75, 3.05) is 7.11 Å². The molecule has 3 rings (SSSR count). The molecule has 2 aromatic heterocycles. The molecule has 3 aromatic rings. The molecule has 0 aliphatic rings. The van der Waals surface area contributed by atoms with E-state index in [4.69, 9.17) is 12.2 Å². The fourth-order valence-corrected chi connectivity index (χ4v) is 2.21. The van der Waals surface area contributed by atoms with Gasteiger partial charge >= 0.3 is 5.97 Å². The first-order valence-electron chi connectivity index (χ1n) is 6.99. The van der Waals surface area contributed by atoms with E-state index in [1.807, 2.05) is 12.1 Å². The van der Waals surface area contributed by atoms with Gasteiger partial charge in [-0.3, -0.25) is 4.98 Å². The van der Waals surface area contributed by atoms with Crippen LogP contribution in [0.5, 0.6) is 0 Å². The predicted octanol–water partition coefficient (Wildman–Crippen LogP) is 2.67. The van der Waals surface area contributed by atoms with Gasteiger partial charge in [-0.15, -0.1) is 0 Å². The lowest BCUT2D eigenvalue weighted by Crippen LogP contribution is -2.01. The van der Waals surface area contributed by atoms with E-state index in [9.17, 15) is 4.79 Å². The van der Waals surface area contributed by atoms with Gasteiger partial charge in [-0.1, -0.05) is 12.1 Å². The maximum absolute atomic E-state index is 11.4. The van der Waals surface area contributed by atoms with Crippen LogP contribution in [0.2, 0.25) is 0 Å². The number of benzene rings is 1. The largest absolute Gasteiger partial charge is 0.465 e. The van der Waals surface area contributed by atoms with Crippen molar-refractivity contribution in [3.05, 3.63) is 64.7 Å². The third-order valence-corrected chi connectivity index (χ3v) is 3.51. The first-order chi connectivity index (χ1) is 11.7. The Labute approximate surface area is 142 Å². The molecule has 0 aliphatic heterocycles. The van der Waals surface area contributed by atoms with Crippen LogP contribution in [0.15, 0.2) is 53.9 Å². The molecule has 120 valence electrons. The van der Waals surface area contributed by atoms with Crippen LogP contribution in [0.3, 0.4) is 0 Å². The molecule has 1 aromatic carbocycles. The molecule has 0 radical (unpaired) electrons. The maximum atomic E-state index is 11.4. The number of carbonyl (C=O) groups excluding carboxylic acids is 1. The fourth-order valence-electron chi connectivity index (χ4n) is 2.03. The van der Waals surface area contributed by atoms with Gasteiger partial charge in [0.25, 0.3) is 0 Å². The highest BCUT2D eigenvalue weighted by molar-refractivity contribution is 7.71. The van der Waals surface area contributed by atoms with Crippen LogP contribution in [0.4, 0.5) is 0 Å². The van der Waals surface area contributed by atoms with Gasteiger partial charge in [0.1, 0.15) is 0 Å². The van der Waals surface area contributed by atoms with Crippen molar-refractivity contribution in [1.82, 2.24) is 19.9 Å². The molecule has 1 N–H and O–H groups in total. The van der Waals surface area contributed by atoms with Crippen LogP contribution in [0.25, 0.3) is 11.4 Å². The van der Waals surface area contributed by atoms with Crippen LogP contribution >= 0.6 is 12.2 Å². The van der Waals surface area contributed by atoms with Gasteiger partial charge in [0.2, 0.25) is 4.77 Å². The molecule has 0 bridgehead atoms. The van der Waals surface area contributed by atoms with Gasteiger partial charge in [0.15, 0.2) is 5.82 Å². The molecular weight excluding hydrogens is 326 g/mol. The maximum Gasteiger partial charge on any atom is 0.337 e. The lowest BCUT2D eigenvalue weighted by Gasteiger charge is -2.01. The summed E-state index contributed by atoms with van der Waals surface area (Å²) in [7, 11) is 1.35. The van der Waals surface area contributed by atoms with E-state index in [0.717, 1.165) is 11.1 Å². The number of hydrogen-bond acceptors (Lipinski definition) is 6. The van der Waals surface area contributed by atoms with Gasteiger partial charge < -0.3 is 4.74 Å². The minimum atomic E-state index is -0.379. The molecule has 0 aliphatic carbocycles. The van der Waals surface area contributed by atoms with E-state index in [0.29, 0.717) is 16.2 Å². The Kier molecular flexibility index (Phi) is 4.57. The predicted molar refractivity (Wildman–Crippen MR) is 91.4 cm³/mol. The summed E-state index contributed by atoms with van der Waals surface area (Å²) in [6, 6.07) is 10.5. The Bertz CT molecular complexity index is 929. The van der Waals surface area contributed by atoms with Crippen molar-refractivity contribution < 1.29 is 9.53 Å². The highest BCUT2D eigenvalue weighted by Crippen LogP contribution is 2.15. The molecule has 0 fully saturated rings. The number of ether oxygens (including phenoxy) is 1. The number of aromatic nitrogens is 4. The van der Waals surface area contributed by atoms with Crippen LogP contribution in [-0.4, -0.2) is 39.2 Å². The number of aromatic amines is 1. The van der Waals surface area contributed by atoms with E-state index in [1.165, 1.54) is 11.8 Å². The van der Waals surface area contributed by atoms with Crippen molar-refractivity contribution in [3.8, 4) is 11.4 Å². The van der Waals surface area contributed by atoms with E-state index >= 15 is 0 Å². The fraction of sp³-hybridized carbons (Fsp3) is 0.0625. The molecule has 2 heterocycles. The molecule has 8 heteroatoms. The standard InChI is InChI=1S/C16H13N5O2S/c1-23-15(22)13-4-2-11(3-5-13)10-18-21-14(19-20-16(21)24)12-6-8-17-9-7-12/h2-10H,1H3,(H,20,24)/b18-10+. The quantitative estimate of drug-likeness (QED) is 0.449. The Morgan fingerprint density at radius 3 is 2.62 bits per heavy atom. The number of nitrogens with zero attached hydrogens (tertiary/aromatic N) is 4. The van der Waals surface area contributed by atoms with Crippen LogP contribution in [0.1, 0.15) is 15.9 Å². The molecule has 7 nitrogen and oxygen atoms in total. The lowest BCUT2D eigenvalue weighted by atomic mass is 10.1. The first kappa shape index (κ1) is 15.8. The summed E-state index contributed by atoms with van der Waals surface area (Å²) < 4.78 is 6.57. The molecular formula is C16H13N5O2S. The summed E-state index contributed by atoms with van der Waals surface area (Å²) in [6.07, 6.45) is 4.98. The van der Waals surface area contributed by atoms with Gasteiger partial charge in [0, 0.05) is 18.0 Å². The summed E-state index contributed by atoms with van der Waals surface area (Å²) in [6.45, 7) is 0. The number of nitrogens with one attached hydrogen (secondary N) is 1. The number of esters is 1. The average Bonchev–Trinajstić information content (AvgIpc) is 3.01. The lowest BCUT2D eigenvalue weighted by molar-refractivity contribution is 0.0600. The first-order valence-corrected chi connectivity index (χ1v) is 7.40. The van der Waals surface area contributed by atoms with Crippen molar-refractivity contribution in [2.24, 2.45) is 5.10 Å². The second kappa shape index (κ2) is 6.97. The second-order valence-electron chi connectivity index (χ2n) is 4.76. The molecule has 0 unspecified atom stereocenters. The van der Waals surface area contributed by atoms with Crippen molar-refractivity contribution in [3.63, 3.8) is 0 Å². The Morgan fingerprint density at radius 2 is 1.96 bits per heavy atom. The molecule has 0 amide bonds. The number of pyridine rings is 1. The number of hydrogen-bond donors (Lipinski definition) is 1. The number of methoxy groups -OCH3 is 1. The Hall–Kier alpha value is -3.13. The average molecular weight is 339 g/mol. The molecule has 0 spiro atoms. The highest BCUT2D eigenvalue weighted by atomic mass is 32.1. The Morgan fingerprint density at radius 1 is 1.25 bits per heavy atom. The minimum absolute atomic E-state index is 0.379. The number of carbonyl (C=O) groups is 1. The zero-order valence-electron chi connectivity index (χ0n) is 12.7. The van der Waals surface area contributed by atoms with Crippen LogP contribution < -0.4 is 0 Å². The topological polar surface area (TPSA) is 85.2 Å². The van der Waals surface area contributed by atoms with Gasteiger partial charge in [-0.05, 0) is 42.0 Å². The van der Waals surface area contributed by atoms with Crippen LogP contribution in [0, 0.1) is 4.77 Å². The smallest absolute Gasteiger partial charge is 0.337 e. The number of rotatable bonds is 4. The molecule has 24 heavy (non-hydrogen) atoms. The molecule has 0 atom stereocenters. The third kappa shape index (κ3) is 3.28. The van der Waals surface area contributed by atoms with Crippen molar-refractivity contribution >= 4 is 24.4 Å². The van der Waals surface area contributed by atoms with Gasteiger partial charge in [-0.2, -0.15) is 14.9 Å². The van der Waals surface area contributed by atoms with Gasteiger partial charge in [-0.25, -0.2) is 9.89 Å². The zero-order valence-corrected chi connectivity index (χ0v) is 13.5. The zero-order chi connectivity index (χ0) is 16.9. The normalized spacial score (nSPS) is 10.9. The van der Waals surface area contributed by atoms with E-state index in [1.54, 1.807) is 42.9 Å². The number of H-pyrrole nitrogens is 1. The third-order valence-electron chi connectivity index (χ3n) is 3.24. The summed E-state index contributed by atoms with van der Waals surface area (Å²) in [5.41, 5.74) is 2.13. The Balaban J connectivity index is 1.89. The highest BCUT2D eigenvalue weighted by Gasteiger charge is 2.07. The monoisotopic (exact) mass is 339 g/mol. The molecule has 0 saturated heterocycles.